The molecule has 0 aliphatic carbocycles. The molecule has 0 fully saturated rings. The average Bonchev–Trinajstić information content (AvgIpc) is 3.02. The second-order valence-corrected chi connectivity index (χ2v) is 5.59. The van der Waals surface area contributed by atoms with E-state index in [1.165, 1.54) is 0 Å². The summed E-state index contributed by atoms with van der Waals surface area (Å²) in [6.07, 6.45) is -3.35. The van der Waals surface area contributed by atoms with Gasteiger partial charge in [0.05, 0.1) is 15.4 Å². The smallest absolute Gasteiger partial charge is 0.372 e. The fourth-order valence-electron chi connectivity index (χ4n) is 2.40. The van der Waals surface area contributed by atoms with Gasteiger partial charge in [-0.05, 0) is 12.1 Å². The number of carbonyl (C=O) groups is 1. The first kappa shape index (κ1) is 20.7. The average molecular weight is 401 g/mol. The molecule has 2 aromatic rings. The van der Waals surface area contributed by atoms with Gasteiger partial charge in [-0.3, -0.25) is 25.0 Å². The summed E-state index contributed by atoms with van der Waals surface area (Å²) in [5.74, 6) is -0.453. The Kier molecular flexibility index (Phi) is 5.86. The molecule has 2 rings (SSSR count). The molecule has 150 valence electrons. The van der Waals surface area contributed by atoms with Crippen molar-refractivity contribution in [3.63, 3.8) is 0 Å². The summed E-state index contributed by atoms with van der Waals surface area (Å²) in [5, 5.41) is 27.1. The third kappa shape index (κ3) is 4.55. The molecule has 28 heavy (non-hydrogen) atoms. The molecule has 0 aliphatic rings. The lowest BCUT2D eigenvalue weighted by Gasteiger charge is -2.12. The van der Waals surface area contributed by atoms with Crippen molar-refractivity contribution >= 4 is 23.0 Å². The number of amides is 1. The molecule has 0 saturated carbocycles. The molecule has 2 N–H and O–H groups in total. The number of halogens is 3. The molecule has 10 nitrogen and oxygen atoms in total. The molecule has 1 heterocycles. The van der Waals surface area contributed by atoms with E-state index < -0.39 is 44.6 Å². The fraction of sp³-hybridized carbons (Fsp3) is 0.267. The Morgan fingerprint density at radius 1 is 1.14 bits per heavy atom. The zero-order chi connectivity index (χ0) is 21.1. The van der Waals surface area contributed by atoms with E-state index in [0.29, 0.717) is 5.69 Å². The maximum Gasteiger partial charge on any atom is 0.416 e. The van der Waals surface area contributed by atoms with Crippen LogP contribution in [0.2, 0.25) is 0 Å². The van der Waals surface area contributed by atoms with Crippen molar-refractivity contribution in [2.24, 2.45) is 7.05 Å². The van der Waals surface area contributed by atoms with Crippen molar-refractivity contribution in [2.75, 3.05) is 18.4 Å². The van der Waals surface area contributed by atoms with Gasteiger partial charge in [-0.25, -0.2) is 0 Å². The Morgan fingerprint density at radius 2 is 1.71 bits per heavy atom. The molecule has 13 heteroatoms. The summed E-state index contributed by atoms with van der Waals surface area (Å²) < 4.78 is 40.1. The summed E-state index contributed by atoms with van der Waals surface area (Å²) >= 11 is 0. The van der Waals surface area contributed by atoms with Gasteiger partial charge in [0.15, 0.2) is 5.69 Å². The predicted octanol–water partition coefficient (Wildman–Crippen LogP) is 2.70. The standard InChI is InChI=1S/C15H14F3N5O5/c1-21-6-2-3-10(21)14(24)20-5-4-19-13-11(22(25)26)7-9(15(16,17)18)8-12(13)23(27)28/h2-3,6-8,19H,4-5H2,1H3,(H,20,24). The summed E-state index contributed by atoms with van der Waals surface area (Å²) in [6, 6.07) is 3.63. The van der Waals surface area contributed by atoms with Gasteiger partial charge in [-0.1, -0.05) is 0 Å². The molecule has 1 aromatic heterocycles. The van der Waals surface area contributed by atoms with Crippen molar-refractivity contribution in [3.05, 3.63) is 61.9 Å². The molecule has 1 amide bonds. The molecule has 0 radical (unpaired) electrons. The van der Waals surface area contributed by atoms with Crippen molar-refractivity contribution in [2.45, 2.75) is 6.18 Å². The minimum Gasteiger partial charge on any atom is -0.372 e. The number of aromatic nitrogens is 1. The Balaban J connectivity index is 2.19. The largest absolute Gasteiger partial charge is 0.416 e. The zero-order valence-electron chi connectivity index (χ0n) is 14.3. The highest BCUT2D eigenvalue weighted by Gasteiger charge is 2.37. The first-order valence-corrected chi connectivity index (χ1v) is 7.69. The third-order valence-corrected chi connectivity index (χ3v) is 3.71. The van der Waals surface area contributed by atoms with E-state index in [-0.39, 0.29) is 25.2 Å². The van der Waals surface area contributed by atoms with Crippen molar-refractivity contribution < 1.29 is 27.8 Å². The van der Waals surface area contributed by atoms with Crippen LogP contribution in [-0.4, -0.2) is 33.4 Å². The first-order chi connectivity index (χ1) is 13.0. The predicted molar refractivity (Wildman–Crippen MR) is 91.0 cm³/mol. The van der Waals surface area contributed by atoms with E-state index in [2.05, 4.69) is 10.6 Å². The second kappa shape index (κ2) is 7.94. The lowest BCUT2D eigenvalue weighted by Crippen LogP contribution is -2.30. The molecule has 0 atom stereocenters. The number of hydrogen-bond donors (Lipinski definition) is 2. The number of benzene rings is 1. The van der Waals surface area contributed by atoms with Crippen molar-refractivity contribution in [1.29, 1.82) is 0 Å². The number of alkyl halides is 3. The second-order valence-electron chi connectivity index (χ2n) is 5.59. The number of rotatable bonds is 7. The lowest BCUT2D eigenvalue weighted by atomic mass is 10.1. The summed E-state index contributed by atoms with van der Waals surface area (Å²) in [6.45, 7) is -0.275. The maximum atomic E-state index is 12.9. The first-order valence-electron chi connectivity index (χ1n) is 7.69. The molecular weight excluding hydrogens is 387 g/mol. The molecule has 0 spiro atoms. The number of nitro groups is 2. The van der Waals surface area contributed by atoms with Crippen molar-refractivity contribution in [1.82, 2.24) is 9.88 Å². The summed E-state index contributed by atoms with van der Waals surface area (Å²) in [5.41, 5.74) is -4.01. The van der Waals surface area contributed by atoms with Crippen LogP contribution < -0.4 is 10.6 Å². The molecule has 0 unspecified atom stereocenters. The van der Waals surface area contributed by atoms with Crippen LogP contribution in [0.1, 0.15) is 16.1 Å². The van der Waals surface area contributed by atoms with Gasteiger partial charge >= 0.3 is 6.18 Å². The lowest BCUT2D eigenvalue weighted by molar-refractivity contribution is -0.392. The van der Waals surface area contributed by atoms with E-state index >= 15 is 0 Å². The van der Waals surface area contributed by atoms with Crippen LogP contribution in [0.25, 0.3) is 0 Å². The third-order valence-electron chi connectivity index (χ3n) is 3.71. The van der Waals surface area contributed by atoms with E-state index in [9.17, 15) is 38.2 Å². The van der Waals surface area contributed by atoms with Gasteiger partial charge in [0.1, 0.15) is 5.69 Å². The minimum absolute atomic E-state index is 0.0840. The van der Waals surface area contributed by atoms with Gasteiger partial charge in [-0.15, -0.1) is 0 Å². The zero-order valence-corrected chi connectivity index (χ0v) is 14.3. The van der Waals surface area contributed by atoms with Gasteiger partial charge in [0, 0.05) is 38.5 Å². The Labute approximate surface area is 155 Å². The molecule has 0 aliphatic heterocycles. The van der Waals surface area contributed by atoms with Crippen LogP contribution in [0.5, 0.6) is 0 Å². The van der Waals surface area contributed by atoms with Crippen LogP contribution in [-0.2, 0) is 13.2 Å². The van der Waals surface area contributed by atoms with Crippen LogP contribution in [0, 0.1) is 20.2 Å². The Hall–Kier alpha value is -3.64. The van der Waals surface area contributed by atoms with Gasteiger partial charge in [-0.2, -0.15) is 13.2 Å². The van der Waals surface area contributed by atoms with Gasteiger partial charge in [0.2, 0.25) is 0 Å². The van der Waals surface area contributed by atoms with Crippen molar-refractivity contribution in [3.8, 4) is 0 Å². The van der Waals surface area contributed by atoms with Gasteiger partial charge < -0.3 is 15.2 Å². The number of carbonyl (C=O) groups excluding carboxylic acids is 1. The molecule has 0 bridgehead atoms. The highest BCUT2D eigenvalue weighted by molar-refractivity contribution is 5.92. The highest BCUT2D eigenvalue weighted by atomic mass is 19.4. The SMILES string of the molecule is Cn1cccc1C(=O)NCCNc1c([N+](=O)[O-])cc(C(F)(F)F)cc1[N+](=O)[O-]. The van der Waals surface area contributed by atoms with E-state index in [0.717, 1.165) is 0 Å². The molecule has 0 saturated heterocycles. The van der Waals surface area contributed by atoms with E-state index in [4.69, 9.17) is 0 Å². The number of anilines is 1. The maximum absolute atomic E-state index is 12.9. The molecular formula is C15H14F3N5O5. The summed E-state index contributed by atoms with van der Waals surface area (Å²) in [7, 11) is 1.64. The Morgan fingerprint density at radius 3 is 2.14 bits per heavy atom. The van der Waals surface area contributed by atoms with Crippen LogP contribution in [0.4, 0.5) is 30.2 Å². The summed E-state index contributed by atoms with van der Waals surface area (Å²) in [4.78, 5) is 31.9. The van der Waals surface area contributed by atoms with Crippen LogP contribution >= 0.6 is 0 Å². The van der Waals surface area contributed by atoms with E-state index in [1.54, 1.807) is 29.9 Å². The fourth-order valence-corrected chi connectivity index (χ4v) is 2.40. The quantitative estimate of drug-likeness (QED) is 0.416. The molecule has 1 aromatic carbocycles. The highest BCUT2D eigenvalue weighted by Crippen LogP contribution is 2.40. The number of nitrogens with zero attached hydrogens (tertiary/aromatic N) is 3. The van der Waals surface area contributed by atoms with Crippen LogP contribution in [0.15, 0.2) is 30.5 Å². The normalized spacial score (nSPS) is 11.1. The van der Waals surface area contributed by atoms with Gasteiger partial charge in [0.25, 0.3) is 17.3 Å². The van der Waals surface area contributed by atoms with Crippen LogP contribution in [0.3, 0.4) is 0 Å². The Bertz CT molecular complexity index is 890. The topological polar surface area (TPSA) is 132 Å². The number of nitro benzene ring substituents is 2. The monoisotopic (exact) mass is 401 g/mol. The minimum atomic E-state index is -4.99. The van der Waals surface area contributed by atoms with E-state index in [1.807, 2.05) is 0 Å². The number of nitrogens with one attached hydrogen (secondary N) is 2. The number of hydrogen-bond acceptors (Lipinski definition) is 6. The number of aryl methyl sites for hydroxylation is 1.